The second-order valence-electron chi connectivity index (χ2n) is 7.32. The Morgan fingerprint density at radius 2 is 1.79 bits per heavy atom. The van der Waals surface area contributed by atoms with Crippen molar-refractivity contribution in [2.24, 2.45) is 0 Å². The van der Waals surface area contributed by atoms with Crippen LogP contribution in [-0.2, 0) is 23.0 Å². The molecule has 0 aliphatic carbocycles. The van der Waals surface area contributed by atoms with E-state index >= 15 is 0 Å². The molecule has 1 fully saturated rings. The van der Waals surface area contributed by atoms with Gasteiger partial charge in [0.15, 0.2) is 5.13 Å². The van der Waals surface area contributed by atoms with Crippen molar-refractivity contribution in [3.8, 4) is 0 Å². The number of fused-ring (bicyclic) bond motifs is 1. The molecule has 0 spiro atoms. The van der Waals surface area contributed by atoms with Gasteiger partial charge in [0.05, 0.1) is 10.6 Å². The number of carbonyl (C=O) groups is 1. The van der Waals surface area contributed by atoms with Crippen LogP contribution in [0.5, 0.6) is 0 Å². The van der Waals surface area contributed by atoms with Gasteiger partial charge in [-0.05, 0) is 44.2 Å². The fourth-order valence-electron chi connectivity index (χ4n) is 3.58. The van der Waals surface area contributed by atoms with Crippen molar-refractivity contribution >= 4 is 44.8 Å². The number of amides is 1. The molecule has 0 radical (unpaired) electrons. The zero-order chi connectivity index (χ0) is 19.7. The van der Waals surface area contributed by atoms with Crippen LogP contribution >= 0.6 is 23.7 Å². The average Bonchev–Trinajstić information content (AvgIpc) is 3.10. The van der Waals surface area contributed by atoms with Crippen molar-refractivity contribution in [2.45, 2.75) is 37.1 Å². The number of hydrogen-bond acceptors (Lipinski definition) is 6. The third-order valence-corrected chi connectivity index (χ3v) is 8.12. The molecule has 1 amide bonds. The Hall–Kier alpha value is -1.52. The van der Waals surface area contributed by atoms with Crippen molar-refractivity contribution in [3.63, 3.8) is 0 Å². The zero-order valence-corrected chi connectivity index (χ0v) is 18.7. The maximum atomic E-state index is 12.7. The van der Waals surface area contributed by atoms with E-state index in [4.69, 9.17) is 0 Å². The molecule has 29 heavy (non-hydrogen) atoms. The van der Waals surface area contributed by atoms with Gasteiger partial charge < -0.3 is 4.90 Å². The number of halogens is 1. The lowest BCUT2D eigenvalue weighted by atomic mass is 10.2. The molecule has 2 aliphatic heterocycles. The van der Waals surface area contributed by atoms with Crippen LogP contribution in [0, 0.1) is 0 Å². The van der Waals surface area contributed by atoms with E-state index in [2.05, 4.69) is 22.2 Å². The molecule has 1 aromatic heterocycles. The first-order valence-corrected chi connectivity index (χ1v) is 11.8. The van der Waals surface area contributed by atoms with Gasteiger partial charge in [-0.2, -0.15) is 4.31 Å². The molecule has 0 unspecified atom stereocenters. The molecule has 2 aliphatic rings. The van der Waals surface area contributed by atoms with Crippen LogP contribution in [0.3, 0.4) is 0 Å². The molecule has 10 heteroatoms. The number of piperidine rings is 1. The van der Waals surface area contributed by atoms with E-state index in [1.807, 2.05) is 0 Å². The molecule has 4 rings (SSSR count). The van der Waals surface area contributed by atoms with Gasteiger partial charge in [-0.3, -0.25) is 10.1 Å². The van der Waals surface area contributed by atoms with Crippen LogP contribution < -0.4 is 5.32 Å². The highest BCUT2D eigenvalue weighted by Crippen LogP contribution is 2.28. The Labute approximate surface area is 181 Å². The Balaban J connectivity index is 0.00000240. The summed E-state index contributed by atoms with van der Waals surface area (Å²) in [4.78, 5) is 20.7. The number of aromatic nitrogens is 1. The minimum Gasteiger partial charge on any atom is -0.301 e. The van der Waals surface area contributed by atoms with Crippen LogP contribution in [0.25, 0.3) is 0 Å². The number of benzene rings is 1. The number of likely N-dealkylation sites (N-methyl/N-ethyl adjacent to an activating group) is 1. The lowest BCUT2D eigenvalue weighted by molar-refractivity contribution is 0.102. The van der Waals surface area contributed by atoms with E-state index in [0.29, 0.717) is 23.8 Å². The number of anilines is 1. The van der Waals surface area contributed by atoms with Crippen LogP contribution in [-0.4, -0.2) is 55.2 Å². The third kappa shape index (κ3) is 4.80. The molecule has 1 aromatic carbocycles. The molecule has 1 saturated heterocycles. The van der Waals surface area contributed by atoms with Crippen LogP contribution in [0.15, 0.2) is 29.2 Å². The lowest BCUT2D eigenvalue weighted by Crippen LogP contribution is -2.35. The van der Waals surface area contributed by atoms with Gasteiger partial charge in [-0.1, -0.05) is 6.42 Å². The van der Waals surface area contributed by atoms with E-state index < -0.39 is 10.0 Å². The van der Waals surface area contributed by atoms with Crippen molar-refractivity contribution < 1.29 is 13.2 Å². The second kappa shape index (κ2) is 9.09. The predicted octanol–water partition coefficient (Wildman–Crippen LogP) is 2.98. The smallest absolute Gasteiger partial charge is 0.257 e. The van der Waals surface area contributed by atoms with Crippen LogP contribution in [0.2, 0.25) is 0 Å². The molecule has 7 nitrogen and oxygen atoms in total. The minimum atomic E-state index is -3.48. The van der Waals surface area contributed by atoms with Gasteiger partial charge in [0, 0.05) is 43.0 Å². The maximum absolute atomic E-state index is 12.7. The van der Waals surface area contributed by atoms with Gasteiger partial charge in [0.2, 0.25) is 10.0 Å². The van der Waals surface area contributed by atoms with Crippen molar-refractivity contribution in [2.75, 3.05) is 32.0 Å². The van der Waals surface area contributed by atoms with Crippen molar-refractivity contribution in [1.82, 2.24) is 14.2 Å². The quantitative estimate of drug-likeness (QED) is 0.764. The summed E-state index contributed by atoms with van der Waals surface area (Å²) in [6, 6.07) is 6.16. The number of nitrogens with zero attached hydrogens (tertiary/aromatic N) is 3. The molecule has 0 atom stereocenters. The second-order valence-corrected chi connectivity index (χ2v) is 10.3. The summed E-state index contributed by atoms with van der Waals surface area (Å²) in [6.45, 7) is 2.95. The third-order valence-electron chi connectivity index (χ3n) is 5.21. The highest BCUT2D eigenvalue weighted by molar-refractivity contribution is 7.89. The summed E-state index contributed by atoms with van der Waals surface area (Å²) in [7, 11) is -1.41. The topological polar surface area (TPSA) is 82.6 Å². The molecule has 158 valence electrons. The molecular weight excluding hydrogens is 432 g/mol. The highest BCUT2D eigenvalue weighted by atomic mass is 35.5. The normalized spacial score (nSPS) is 18.0. The minimum absolute atomic E-state index is 0. The van der Waals surface area contributed by atoms with Crippen LogP contribution in [0.4, 0.5) is 5.13 Å². The SMILES string of the molecule is CN1CCc2nc(NC(=O)c3ccc(S(=O)(=O)N4CCCCC4)cc3)sc2C1.Cl. The van der Waals surface area contributed by atoms with Gasteiger partial charge in [-0.25, -0.2) is 13.4 Å². The Kier molecular flexibility index (Phi) is 6.95. The van der Waals surface area contributed by atoms with Gasteiger partial charge in [-0.15, -0.1) is 23.7 Å². The highest BCUT2D eigenvalue weighted by Gasteiger charge is 2.26. The fourth-order valence-corrected chi connectivity index (χ4v) is 6.18. The summed E-state index contributed by atoms with van der Waals surface area (Å²) >= 11 is 1.50. The number of thiazole rings is 1. The molecule has 2 aromatic rings. The van der Waals surface area contributed by atoms with Gasteiger partial charge in [0.1, 0.15) is 0 Å². The molecule has 3 heterocycles. The average molecular weight is 457 g/mol. The summed E-state index contributed by atoms with van der Waals surface area (Å²) in [5, 5.41) is 3.43. The first-order chi connectivity index (χ1) is 13.4. The number of rotatable bonds is 4. The molecule has 1 N–H and O–H groups in total. The lowest BCUT2D eigenvalue weighted by Gasteiger charge is -2.25. The summed E-state index contributed by atoms with van der Waals surface area (Å²) in [5.41, 5.74) is 1.48. The summed E-state index contributed by atoms with van der Waals surface area (Å²) in [5.74, 6) is -0.277. The number of hydrogen-bond donors (Lipinski definition) is 1. The monoisotopic (exact) mass is 456 g/mol. The standard InChI is InChI=1S/C19H24N4O3S2.ClH/c1-22-12-9-16-17(13-22)27-19(20-16)21-18(24)14-5-7-15(8-6-14)28(25,26)23-10-3-2-4-11-23;/h5-8H,2-4,9-13H2,1H3,(H,20,21,24);1H. The fraction of sp³-hybridized carbons (Fsp3) is 0.474. The van der Waals surface area contributed by atoms with E-state index in [1.54, 1.807) is 12.1 Å². The Bertz CT molecular complexity index is 970. The number of nitrogens with one attached hydrogen (secondary N) is 1. The van der Waals surface area contributed by atoms with Crippen molar-refractivity contribution in [1.29, 1.82) is 0 Å². The predicted molar refractivity (Wildman–Crippen MR) is 116 cm³/mol. The Morgan fingerprint density at radius 3 is 2.48 bits per heavy atom. The summed E-state index contributed by atoms with van der Waals surface area (Å²) < 4.78 is 27.0. The van der Waals surface area contributed by atoms with E-state index in [-0.39, 0.29) is 23.2 Å². The van der Waals surface area contributed by atoms with E-state index in [0.717, 1.165) is 44.5 Å². The van der Waals surface area contributed by atoms with E-state index in [1.165, 1.54) is 32.7 Å². The van der Waals surface area contributed by atoms with E-state index in [9.17, 15) is 13.2 Å². The molecular formula is C19H25ClN4O3S2. The molecule has 0 bridgehead atoms. The Morgan fingerprint density at radius 1 is 1.10 bits per heavy atom. The summed E-state index contributed by atoms with van der Waals surface area (Å²) in [6.07, 6.45) is 3.75. The van der Waals surface area contributed by atoms with Crippen LogP contribution in [0.1, 0.15) is 40.2 Å². The van der Waals surface area contributed by atoms with Gasteiger partial charge >= 0.3 is 0 Å². The number of sulfonamides is 1. The first kappa shape index (κ1) is 22.2. The van der Waals surface area contributed by atoms with Gasteiger partial charge in [0.25, 0.3) is 5.91 Å². The molecule has 0 saturated carbocycles. The number of carbonyl (C=O) groups excluding carboxylic acids is 1. The maximum Gasteiger partial charge on any atom is 0.257 e. The van der Waals surface area contributed by atoms with Crippen molar-refractivity contribution in [3.05, 3.63) is 40.4 Å². The first-order valence-electron chi connectivity index (χ1n) is 9.52. The largest absolute Gasteiger partial charge is 0.301 e. The zero-order valence-electron chi connectivity index (χ0n) is 16.3.